The molecule has 0 spiro atoms. The Labute approximate surface area is 157 Å². The molecule has 0 saturated heterocycles. The minimum absolute atomic E-state index is 0.221. The molecule has 146 valence electrons. The van der Waals surface area contributed by atoms with Gasteiger partial charge in [0.2, 0.25) is 0 Å². The van der Waals surface area contributed by atoms with Gasteiger partial charge in [0, 0.05) is 23.6 Å². The molecule has 4 rings (SSSR count). The molecule has 2 fully saturated rings. The Balaban J connectivity index is 1.19. The van der Waals surface area contributed by atoms with Crippen molar-refractivity contribution in [3.05, 3.63) is 23.3 Å². The Morgan fingerprint density at radius 1 is 0.846 bits per heavy atom. The number of hydrogen-bond acceptors (Lipinski definition) is 4. The first kappa shape index (κ1) is 19.2. The van der Waals surface area contributed by atoms with Gasteiger partial charge in [-0.3, -0.25) is 0 Å². The molecule has 0 bridgehead atoms. The standard InChI is InChI=1S/C20H32O4P2/c1-25(21)11-7-15-3-5-17(13-19(15)25)23-9-10-24-18-6-4-16-8-12-26(2,22)20(16)14-18/h7-8,17-20H,3-6,9-14H2,1-2H3. The van der Waals surface area contributed by atoms with Gasteiger partial charge in [0.15, 0.2) is 0 Å². The quantitative estimate of drug-likeness (QED) is 0.382. The summed E-state index contributed by atoms with van der Waals surface area (Å²) in [5, 5.41) is 0. The Bertz CT molecular complexity index is 651. The van der Waals surface area contributed by atoms with Crippen LogP contribution >= 0.6 is 14.3 Å². The van der Waals surface area contributed by atoms with Gasteiger partial charge in [-0.25, -0.2) is 0 Å². The lowest BCUT2D eigenvalue weighted by molar-refractivity contribution is -0.0344. The van der Waals surface area contributed by atoms with Crippen LogP contribution in [-0.2, 0) is 18.6 Å². The molecule has 0 radical (unpaired) electrons. The number of rotatable bonds is 5. The molecule has 0 aromatic carbocycles. The minimum Gasteiger partial charge on any atom is -0.376 e. The molecule has 26 heavy (non-hydrogen) atoms. The van der Waals surface area contributed by atoms with Gasteiger partial charge in [-0.05, 0) is 51.9 Å². The van der Waals surface area contributed by atoms with Gasteiger partial charge in [0.1, 0.15) is 0 Å². The molecule has 2 aliphatic heterocycles. The van der Waals surface area contributed by atoms with Gasteiger partial charge < -0.3 is 18.6 Å². The Morgan fingerprint density at radius 3 is 1.69 bits per heavy atom. The first-order chi connectivity index (χ1) is 12.4. The van der Waals surface area contributed by atoms with E-state index in [9.17, 15) is 9.13 Å². The fraction of sp³-hybridized carbons (Fsp3) is 0.800. The van der Waals surface area contributed by atoms with E-state index in [0.29, 0.717) is 13.2 Å². The zero-order chi connectivity index (χ0) is 18.4. The fourth-order valence-corrected chi connectivity index (χ4v) is 10.2. The molecule has 6 atom stereocenters. The molecule has 2 aliphatic carbocycles. The van der Waals surface area contributed by atoms with Gasteiger partial charge in [0.25, 0.3) is 0 Å². The molecule has 2 saturated carbocycles. The van der Waals surface area contributed by atoms with Crippen LogP contribution in [0.15, 0.2) is 23.3 Å². The molecular formula is C20H32O4P2. The van der Waals surface area contributed by atoms with E-state index in [-0.39, 0.29) is 23.5 Å². The highest BCUT2D eigenvalue weighted by Crippen LogP contribution is 2.59. The van der Waals surface area contributed by atoms with E-state index < -0.39 is 14.3 Å². The summed E-state index contributed by atoms with van der Waals surface area (Å²) >= 11 is 0. The maximum absolute atomic E-state index is 12.6. The van der Waals surface area contributed by atoms with E-state index in [4.69, 9.17) is 9.47 Å². The van der Waals surface area contributed by atoms with E-state index >= 15 is 0 Å². The predicted molar refractivity (Wildman–Crippen MR) is 108 cm³/mol. The number of fused-ring (bicyclic) bond motifs is 2. The van der Waals surface area contributed by atoms with Gasteiger partial charge in [0.05, 0.1) is 39.7 Å². The third-order valence-corrected chi connectivity index (χ3v) is 12.4. The summed E-state index contributed by atoms with van der Waals surface area (Å²) in [6.07, 6.45) is 12.4. The molecule has 4 nitrogen and oxygen atoms in total. The minimum atomic E-state index is -2.03. The SMILES string of the molecule is CP1(=O)CC=C2CCC(OCCOC3CCC4=CCP(C)(=O)C4C3)CC21. The summed E-state index contributed by atoms with van der Waals surface area (Å²) < 4.78 is 37.4. The molecule has 0 N–H and O–H groups in total. The lowest BCUT2D eigenvalue weighted by Crippen LogP contribution is -2.30. The number of ether oxygens (including phenoxy) is 2. The van der Waals surface area contributed by atoms with E-state index in [1.807, 2.05) is 13.3 Å². The van der Waals surface area contributed by atoms with Crippen molar-refractivity contribution in [1.82, 2.24) is 0 Å². The summed E-state index contributed by atoms with van der Waals surface area (Å²) in [5.41, 5.74) is 3.37. The Hall–Kier alpha value is -0.140. The Morgan fingerprint density at radius 2 is 1.27 bits per heavy atom. The lowest BCUT2D eigenvalue weighted by atomic mass is 9.92. The number of allylic oxidation sites excluding steroid dienone is 4. The maximum Gasteiger partial charge on any atom is 0.0952 e. The second-order valence-corrected chi connectivity index (χ2v) is 15.5. The zero-order valence-electron chi connectivity index (χ0n) is 16.1. The van der Waals surface area contributed by atoms with Gasteiger partial charge in [-0.15, -0.1) is 0 Å². The van der Waals surface area contributed by atoms with Crippen LogP contribution in [0.1, 0.15) is 38.5 Å². The van der Waals surface area contributed by atoms with Crippen LogP contribution in [0.4, 0.5) is 0 Å². The highest BCUT2D eigenvalue weighted by atomic mass is 31.2. The summed E-state index contributed by atoms with van der Waals surface area (Å²) in [4.78, 5) is 0. The number of hydrogen-bond donors (Lipinski definition) is 0. The molecule has 0 aromatic heterocycles. The van der Waals surface area contributed by atoms with Gasteiger partial charge in [-0.1, -0.05) is 23.3 Å². The van der Waals surface area contributed by atoms with Crippen molar-refractivity contribution in [1.29, 1.82) is 0 Å². The van der Waals surface area contributed by atoms with Crippen molar-refractivity contribution in [2.45, 2.75) is 62.1 Å². The second kappa shape index (κ2) is 7.36. The third-order valence-electron chi connectivity index (χ3n) is 6.88. The van der Waals surface area contributed by atoms with E-state index in [0.717, 1.165) is 50.8 Å². The smallest absolute Gasteiger partial charge is 0.0952 e. The fourth-order valence-electron chi connectivity index (χ4n) is 5.23. The summed E-state index contributed by atoms with van der Waals surface area (Å²) in [6.45, 7) is 5.12. The van der Waals surface area contributed by atoms with Crippen molar-refractivity contribution in [2.75, 3.05) is 38.9 Å². The maximum atomic E-state index is 12.6. The molecule has 0 aromatic rings. The average molecular weight is 398 g/mol. The molecule has 4 aliphatic rings. The topological polar surface area (TPSA) is 52.6 Å². The van der Waals surface area contributed by atoms with Gasteiger partial charge in [-0.2, -0.15) is 0 Å². The summed E-state index contributed by atoms with van der Waals surface area (Å²) in [6, 6.07) is 0. The first-order valence-corrected chi connectivity index (χ1v) is 14.9. The molecule has 2 heterocycles. The van der Waals surface area contributed by atoms with Crippen molar-refractivity contribution in [3.8, 4) is 0 Å². The van der Waals surface area contributed by atoms with Crippen LogP contribution in [-0.4, -0.2) is 62.4 Å². The third kappa shape index (κ3) is 3.86. The predicted octanol–water partition coefficient (Wildman–Crippen LogP) is 4.73. The van der Waals surface area contributed by atoms with Crippen LogP contribution in [0, 0.1) is 0 Å². The normalized spacial score (nSPS) is 45.0. The zero-order valence-corrected chi connectivity index (χ0v) is 17.9. The van der Waals surface area contributed by atoms with Crippen molar-refractivity contribution >= 4 is 14.3 Å². The van der Waals surface area contributed by atoms with Crippen molar-refractivity contribution < 1.29 is 18.6 Å². The lowest BCUT2D eigenvalue weighted by Gasteiger charge is -2.32. The van der Waals surface area contributed by atoms with E-state index in [2.05, 4.69) is 12.2 Å². The molecular weight excluding hydrogens is 366 g/mol. The van der Waals surface area contributed by atoms with Crippen LogP contribution in [0.25, 0.3) is 0 Å². The van der Waals surface area contributed by atoms with Crippen LogP contribution < -0.4 is 0 Å². The second-order valence-electron chi connectivity index (χ2n) is 8.84. The van der Waals surface area contributed by atoms with Gasteiger partial charge >= 0.3 is 0 Å². The van der Waals surface area contributed by atoms with Crippen molar-refractivity contribution in [2.24, 2.45) is 0 Å². The first-order valence-electron chi connectivity index (χ1n) is 10.1. The van der Waals surface area contributed by atoms with E-state index in [1.165, 1.54) is 11.1 Å². The molecule has 6 unspecified atom stereocenters. The molecule has 0 amide bonds. The highest BCUT2D eigenvalue weighted by Gasteiger charge is 2.41. The largest absolute Gasteiger partial charge is 0.376 e. The molecule has 6 heteroatoms. The highest BCUT2D eigenvalue weighted by molar-refractivity contribution is 7.65. The van der Waals surface area contributed by atoms with E-state index in [1.54, 1.807) is 0 Å². The summed E-state index contributed by atoms with van der Waals surface area (Å²) in [5.74, 6) is 0. The Kier molecular flexibility index (Phi) is 5.43. The van der Waals surface area contributed by atoms with Crippen LogP contribution in [0.3, 0.4) is 0 Å². The van der Waals surface area contributed by atoms with Crippen LogP contribution in [0.2, 0.25) is 0 Å². The van der Waals surface area contributed by atoms with Crippen molar-refractivity contribution in [3.63, 3.8) is 0 Å². The monoisotopic (exact) mass is 398 g/mol. The summed E-state index contributed by atoms with van der Waals surface area (Å²) in [7, 11) is -4.06. The average Bonchev–Trinajstić information content (AvgIpc) is 3.08. The van der Waals surface area contributed by atoms with Crippen LogP contribution in [0.5, 0.6) is 0 Å².